The SMILES string of the molecule is CC(c1ccc(S(N)(=O)=O)cc1)N(C)CC(=O)Nc1ccccc1C(F)(F)F. The molecule has 0 bridgehead atoms. The van der Waals surface area contributed by atoms with Crippen molar-refractivity contribution in [2.45, 2.75) is 24.0 Å². The topological polar surface area (TPSA) is 92.5 Å². The van der Waals surface area contributed by atoms with Crippen LogP contribution in [-0.4, -0.2) is 32.8 Å². The van der Waals surface area contributed by atoms with Gasteiger partial charge in [-0.15, -0.1) is 0 Å². The van der Waals surface area contributed by atoms with Gasteiger partial charge in [-0.25, -0.2) is 13.6 Å². The minimum atomic E-state index is -4.58. The highest BCUT2D eigenvalue weighted by Crippen LogP contribution is 2.34. The van der Waals surface area contributed by atoms with Crippen molar-refractivity contribution in [3.05, 3.63) is 59.7 Å². The Bertz CT molecular complexity index is 945. The monoisotopic (exact) mass is 415 g/mol. The highest BCUT2D eigenvalue weighted by atomic mass is 32.2. The summed E-state index contributed by atoms with van der Waals surface area (Å²) in [5.74, 6) is -0.604. The summed E-state index contributed by atoms with van der Waals surface area (Å²) in [7, 11) is -2.17. The molecule has 2 rings (SSSR count). The van der Waals surface area contributed by atoms with Gasteiger partial charge in [-0.2, -0.15) is 13.2 Å². The molecule has 1 atom stereocenters. The molecule has 0 saturated heterocycles. The zero-order valence-corrected chi connectivity index (χ0v) is 16.0. The molecule has 10 heteroatoms. The van der Waals surface area contributed by atoms with Gasteiger partial charge < -0.3 is 5.32 Å². The minimum Gasteiger partial charge on any atom is -0.324 e. The maximum Gasteiger partial charge on any atom is 0.418 e. The Labute approximate surface area is 161 Å². The van der Waals surface area contributed by atoms with Crippen molar-refractivity contribution in [2.24, 2.45) is 5.14 Å². The van der Waals surface area contributed by atoms with Crippen LogP contribution < -0.4 is 10.5 Å². The van der Waals surface area contributed by atoms with E-state index in [0.717, 1.165) is 11.6 Å². The fourth-order valence-corrected chi connectivity index (χ4v) is 3.10. The molecule has 2 aromatic rings. The van der Waals surface area contributed by atoms with E-state index >= 15 is 0 Å². The van der Waals surface area contributed by atoms with E-state index < -0.39 is 27.7 Å². The normalized spacial score (nSPS) is 13.4. The number of alkyl halides is 3. The molecule has 0 aliphatic rings. The van der Waals surface area contributed by atoms with Crippen LogP contribution in [0.15, 0.2) is 53.4 Å². The Morgan fingerprint density at radius 1 is 1.14 bits per heavy atom. The third-order valence-electron chi connectivity index (χ3n) is 4.25. The first-order chi connectivity index (χ1) is 12.9. The van der Waals surface area contributed by atoms with Gasteiger partial charge in [-0.05, 0) is 43.8 Å². The lowest BCUT2D eigenvalue weighted by molar-refractivity contribution is -0.137. The molecule has 0 spiro atoms. The second-order valence-electron chi connectivity index (χ2n) is 6.30. The number of para-hydroxylation sites is 1. The summed E-state index contributed by atoms with van der Waals surface area (Å²) in [6.45, 7) is 1.62. The van der Waals surface area contributed by atoms with Gasteiger partial charge in [0.2, 0.25) is 15.9 Å². The van der Waals surface area contributed by atoms with Gasteiger partial charge in [0.1, 0.15) is 0 Å². The van der Waals surface area contributed by atoms with E-state index in [0.29, 0.717) is 0 Å². The first kappa shape index (κ1) is 21.9. The third kappa shape index (κ3) is 5.54. The number of nitrogens with zero attached hydrogens (tertiary/aromatic N) is 1. The highest BCUT2D eigenvalue weighted by molar-refractivity contribution is 7.89. The van der Waals surface area contributed by atoms with Gasteiger partial charge in [-0.3, -0.25) is 9.69 Å². The molecule has 0 aliphatic carbocycles. The van der Waals surface area contributed by atoms with Gasteiger partial charge in [-0.1, -0.05) is 24.3 Å². The zero-order valence-electron chi connectivity index (χ0n) is 15.2. The fraction of sp³-hybridized carbons (Fsp3) is 0.278. The molecule has 152 valence electrons. The van der Waals surface area contributed by atoms with Crippen LogP contribution in [0.5, 0.6) is 0 Å². The minimum absolute atomic E-state index is 0.0346. The lowest BCUT2D eigenvalue weighted by Gasteiger charge is -2.25. The van der Waals surface area contributed by atoms with Gasteiger partial charge in [0.05, 0.1) is 22.7 Å². The van der Waals surface area contributed by atoms with Crippen LogP contribution >= 0.6 is 0 Å². The maximum absolute atomic E-state index is 13.0. The largest absolute Gasteiger partial charge is 0.418 e. The molecule has 6 nitrogen and oxygen atoms in total. The summed E-state index contributed by atoms with van der Waals surface area (Å²) in [6.07, 6.45) is -4.58. The van der Waals surface area contributed by atoms with Gasteiger partial charge in [0.15, 0.2) is 0 Å². The van der Waals surface area contributed by atoms with Crippen molar-refractivity contribution in [1.29, 1.82) is 0 Å². The van der Waals surface area contributed by atoms with E-state index in [9.17, 15) is 26.4 Å². The molecule has 0 aliphatic heterocycles. The van der Waals surface area contributed by atoms with E-state index in [2.05, 4.69) is 5.32 Å². The summed E-state index contributed by atoms with van der Waals surface area (Å²) < 4.78 is 61.6. The van der Waals surface area contributed by atoms with Gasteiger partial charge >= 0.3 is 6.18 Å². The number of sulfonamides is 1. The first-order valence-corrected chi connectivity index (χ1v) is 9.73. The number of anilines is 1. The average Bonchev–Trinajstić information content (AvgIpc) is 2.59. The number of carbonyl (C=O) groups excluding carboxylic acids is 1. The van der Waals surface area contributed by atoms with Crippen LogP contribution in [0, 0.1) is 0 Å². The molecule has 0 fully saturated rings. The Kier molecular flexibility index (Phi) is 6.48. The summed E-state index contributed by atoms with van der Waals surface area (Å²) in [5, 5.41) is 7.34. The molecule has 1 unspecified atom stereocenters. The van der Waals surface area contributed by atoms with Crippen molar-refractivity contribution in [3.63, 3.8) is 0 Å². The molecule has 0 saturated carbocycles. The predicted octanol–water partition coefficient (Wildman–Crippen LogP) is 2.98. The van der Waals surface area contributed by atoms with Crippen LogP contribution in [0.4, 0.5) is 18.9 Å². The number of nitrogens with one attached hydrogen (secondary N) is 1. The summed E-state index contributed by atoms with van der Waals surface area (Å²) >= 11 is 0. The zero-order chi connectivity index (χ0) is 21.1. The lowest BCUT2D eigenvalue weighted by atomic mass is 10.1. The number of rotatable bonds is 6. The number of halogens is 3. The second kappa shape index (κ2) is 8.29. The van der Waals surface area contributed by atoms with Crippen LogP contribution in [0.1, 0.15) is 24.1 Å². The molecule has 2 aromatic carbocycles. The summed E-state index contributed by atoms with van der Waals surface area (Å²) in [4.78, 5) is 13.8. The number of hydrogen-bond donors (Lipinski definition) is 2. The molecular weight excluding hydrogens is 395 g/mol. The fourth-order valence-electron chi connectivity index (χ4n) is 2.58. The molecule has 1 amide bonds. The number of benzene rings is 2. The van der Waals surface area contributed by atoms with Crippen molar-refractivity contribution in [2.75, 3.05) is 18.9 Å². The molecule has 0 heterocycles. The van der Waals surface area contributed by atoms with Crippen LogP contribution in [0.2, 0.25) is 0 Å². The number of primary sulfonamides is 1. The number of nitrogens with two attached hydrogens (primary N) is 1. The Morgan fingerprint density at radius 2 is 1.71 bits per heavy atom. The van der Waals surface area contributed by atoms with Crippen molar-refractivity contribution >= 4 is 21.6 Å². The smallest absolute Gasteiger partial charge is 0.324 e. The van der Waals surface area contributed by atoms with E-state index in [1.165, 1.54) is 30.3 Å². The number of carbonyl (C=O) groups is 1. The average molecular weight is 415 g/mol. The predicted molar refractivity (Wildman–Crippen MR) is 98.9 cm³/mol. The Balaban J connectivity index is 2.06. The quantitative estimate of drug-likeness (QED) is 0.759. The number of amides is 1. The Hall–Kier alpha value is -2.43. The van der Waals surface area contributed by atoms with Crippen molar-refractivity contribution in [1.82, 2.24) is 4.90 Å². The van der Waals surface area contributed by atoms with Crippen LogP contribution in [0.3, 0.4) is 0 Å². The van der Waals surface area contributed by atoms with Crippen LogP contribution in [0.25, 0.3) is 0 Å². The van der Waals surface area contributed by atoms with Crippen molar-refractivity contribution < 1.29 is 26.4 Å². The molecule has 3 N–H and O–H groups in total. The van der Waals surface area contributed by atoms with Gasteiger partial charge in [0.25, 0.3) is 0 Å². The van der Waals surface area contributed by atoms with E-state index in [4.69, 9.17) is 5.14 Å². The Morgan fingerprint density at radius 3 is 2.25 bits per heavy atom. The van der Waals surface area contributed by atoms with Crippen molar-refractivity contribution in [3.8, 4) is 0 Å². The lowest BCUT2D eigenvalue weighted by Crippen LogP contribution is -2.32. The van der Waals surface area contributed by atoms with E-state index in [1.807, 2.05) is 0 Å². The molecule has 0 radical (unpaired) electrons. The number of likely N-dealkylation sites (N-methyl/N-ethyl adjacent to an activating group) is 1. The maximum atomic E-state index is 13.0. The molecule has 28 heavy (non-hydrogen) atoms. The van der Waals surface area contributed by atoms with Crippen LogP contribution in [-0.2, 0) is 21.0 Å². The molecule has 0 aromatic heterocycles. The van der Waals surface area contributed by atoms with E-state index in [-0.39, 0.29) is 23.2 Å². The van der Waals surface area contributed by atoms with E-state index in [1.54, 1.807) is 31.0 Å². The standard InChI is InChI=1S/C18H20F3N3O3S/c1-12(13-7-9-14(10-8-13)28(22,26)27)24(2)11-17(25)23-16-6-4-3-5-15(16)18(19,20)21/h3-10,12H,11H2,1-2H3,(H,23,25)(H2,22,26,27). The first-order valence-electron chi connectivity index (χ1n) is 8.18. The summed E-state index contributed by atoms with van der Waals surface area (Å²) in [6, 6.07) is 10.3. The summed E-state index contributed by atoms with van der Waals surface area (Å²) in [5.41, 5.74) is -0.505. The molecular formula is C18H20F3N3O3S. The third-order valence-corrected chi connectivity index (χ3v) is 5.18. The second-order valence-corrected chi connectivity index (χ2v) is 7.86. The highest BCUT2D eigenvalue weighted by Gasteiger charge is 2.33. The number of hydrogen-bond acceptors (Lipinski definition) is 4. The van der Waals surface area contributed by atoms with Gasteiger partial charge in [0, 0.05) is 6.04 Å².